The van der Waals surface area contributed by atoms with E-state index in [0.29, 0.717) is 11.8 Å². The van der Waals surface area contributed by atoms with Crippen LogP contribution in [0.1, 0.15) is 25.3 Å². The lowest BCUT2D eigenvalue weighted by atomic mass is 10.0. The molecule has 23 heavy (non-hydrogen) atoms. The first kappa shape index (κ1) is 13.7. The highest BCUT2D eigenvalue weighted by Gasteiger charge is 2.10. The summed E-state index contributed by atoms with van der Waals surface area (Å²) in [6, 6.07) is 14.2. The zero-order valence-corrected chi connectivity index (χ0v) is 13.0. The maximum absolute atomic E-state index is 5.88. The van der Waals surface area contributed by atoms with Crippen LogP contribution in [0.2, 0.25) is 0 Å². The second-order valence-electron chi connectivity index (χ2n) is 5.82. The molecule has 114 valence electrons. The summed E-state index contributed by atoms with van der Waals surface area (Å²) in [6.07, 6.45) is 3.32. The molecule has 0 saturated carbocycles. The minimum Gasteiger partial charge on any atom is -0.436 e. The molecule has 0 aliphatic carbocycles. The molecule has 5 nitrogen and oxygen atoms in total. The molecule has 5 heteroatoms. The van der Waals surface area contributed by atoms with E-state index in [1.807, 2.05) is 22.8 Å². The maximum atomic E-state index is 5.88. The second kappa shape index (κ2) is 5.35. The molecular weight excluding hydrogens is 288 g/mol. The largest absolute Gasteiger partial charge is 0.436 e. The van der Waals surface area contributed by atoms with Crippen LogP contribution in [-0.2, 0) is 0 Å². The van der Waals surface area contributed by atoms with Crippen LogP contribution in [0.3, 0.4) is 0 Å². The van der Waals surface area contributed by atoms with Crippen molar-refractivity contribution in [1.29, 1.82) is 0 Å². The van der Waals surface area contributed by atoms with Gasteiger partial charge in [0.25, 0.3) is 0 Å². The van der Waals surface area contributed by atoms with Gasteiger partial charge >= 0.3 is 0 Å². The van der Waals surface area contributed by atoms with Gasteiger partial charge in [-0.25, -0.2) is 4.98 Å². The van der Waals surface area contributed by atoms with Crippen molar-refractivity contribution in [3.05, 3.63) is 60.7 Å². The summed E-state index contributed by atoms with van der Waals surface area (Å²) in [6.45, 7) is 4.36. The Morgan fingerprint density at radius 2 is 1.70 bits per heavy atom. The summed E-state index contributed by atoms with van der Waals surface area (Å²) >= 11 is 0. The fourth-order valence-corrected chi connectivity index (χ4v) is 2.54. The third-order valence-corrected chi connectivity index (χ3v) is 3.91. The Morgan fingerprint density at radius 3 is 2.39 bits per heavy atom. The van der Waals surface area contributed by atoms with E-state index in [4.69, 9.17) is 4.42 Å². The van der Waals surface area contributed by atoms with Crippen molar-refractivity contribution in [2.75, 3.05) is 0 Å². The molecule has 0 aliphatic heterocycles. The third kappa shape index (κ3) is 2.50. The van der Waals surface area contributed by atoms with E-state index in [9.17, 15) is 0 Å². The molecule has 0 spiro atoms. The molecule has 2 aromatic carbocycles. The average molecular weight is 304 g/mol. The SMILES string of the molecule is CC(C)c1ccc(-c2nc3cc(-n4cnnc4)ccc3o2)cc1. The Morgan fingerprint density at radius 1 is 0.957 bits per heavy atom. The lowest BCUT2D eigenvalue weighted by molar-refractivity contribution is 0.619. The van der Waals surface area contributed by atoms with Crippen LogP contribution in [0.25, 0.3) is 28.2 Å². The van der Waals surface area contributed by atoms with E-state index in [0.717, 1.165) is 22.4 Å². The topological polar surface area (TPSA) is 56.7 Å². The number of benzene rings is 2. The van der Waals surface area contributed by atoms with Gasteiger partial charge in [-0.05, 0) is 41.8 Å². The van der Waals surface area contributed by atoms with Crippen LogP contribution in [0.15, 0.2) is 59.5 Å². The van der Waals surface area contributed by atoms with Gasteiger partial charge in [-0.3, -0.25) is 4.57 Å². The van der Waals surface area contributed by atoms with Gasteiger partial charge in [0.15, 0.2) is 5.58 Å². The van der Waals surface area contributed by atoms with E-state index >= 15 is 0 Å². The molecule has 0 radical (unpaired) electrons. The maximum Gasteiger partial charge on any atom is 0.227 e. The zero-order valence-electron chi connectivity index (χ0n) is 13.0. The molecule has 0 fully saturated rings. The van der Waals surface area contributed by atoms with Crippen molar-refractivity contribution in [3.63, 3.8) is 0 Å². The molecule has 0 N–H and O–H groups in total. The van der Waals surface area contributed by atoms with Crippen LogP contribution < -0.4 is 0 Å². The summed E-state index contributed by atoms with van der Waals surface area (Å²) in [7, 11) is 0. The molecule has 0 aliphatic rings. The van der Waals surface area contributed by atoms with Gasteiger partial charge in [0.1, 0.15) is 18.2 Å². The standard InChI is InChI=1S/C18H16N4O/c1-12(2)13-3-5-14(6-4-13)18-21-16-9-15(7-8-17(16)23-18)22-10-19-20-11-22/h3-12H,1-2H3. The molecule has 0 unspecified atom stereocenters. The Bertz CT molecular complexity index is 937. The molecule has 0 saturated heterocycles. The Kier molecular flexibility index (Phi) is 3.19. The predicted octanol–water partition coefficient (Wildman–Crippen LogP) is 4.20. The molecule has 4 rings (SSSR count). The van der Waals surface area contributed by atoms with Crippen LogP contribution in [-0.4, -0.2) is 19.7 Å². The molecule has 0 amide bonds. The Labute approximate surface area is 133 Å². The molecule has 4 aromatic rings. The first-order valence-corrected chi connectivity index (χ1v) is 7.56. The van der Waals surface area contributed by atoms with Crippen molar-refractivity contribution >= 4 is 11.1 Å². The van der Waals surface area contributed by atoms with E-state index in [1.54, 1.807) is 12.7 Å². The number of rotatable bonds is 3. The van der Waals surface area contributed by atoms with Gasteiger partial charge in [-0.1, -0.05) is 26.0 Å². The number of hydrogen-bond acceptors (Lipinski definition) is 4. The van der Waals surface area contributed by atoms with Crippen molar-refractivity contribution in [2.45, 2.75) is 19.8 Å². The molecule has 0 bridgehead atoms. The zero-order chi connectivity index (χ0) is 15.8. The minimum absolute atomic E-state index is 0.513. The monoisotopic (exact) mass is 304 g/mol. The average Bonchev–Trinajstić information content (AvgIpc) is 3.23. The van der Waals surface area contributed by atoms with Crippen molar-refractivity contribution in [1.82, 2.24) is 19.7 Å². The molecule has 2 aromatic heterocycles. The normalized spacial score (nSPS) is 11.4. The second-order valence-corrected chi connectivity index (χ2v) is 5.82. The minimum atomic E-state index is 0.513. The van der Waals surface area contributed by atoms with Crippen molar-refractivity contribution < 1.29 is 4.42 Å². The lowest BCUT2D eigenvalue weighted by Gasteiger charge is -2.04. The number of fused-ring (bicyclic) bond motifs is 1. The number of oxazole rings is 1. The summed E-state index contributed by atoms with van der Waals surface area (Å²) in [5.74, 6) is 1.15. The molecule has 2 heterocycles. The van der Waals surface area contributed by atoms with Gasteiger partial charge in [0, 0.05) is 5.56 Å². The lowest BCUT2D eigenvalue weighted by Crippen LogP contribution is -1.89. The third-order valence-electron chi connectivity index (χ3n) is 3.91. The highest BCUT2D eigenvalue weighted by Crippen LogP contribution is 2.27. The van der Waals surface area contributed by atoms with Gasteiger partial charge in [-0.15, -0.1) is 10.2 Å². The fraction of sp³-hybridized carbons (Fsp3) is 0.167. The van der Waals surface area contributed by atoms with E-state index in [-0.39, 0.29) is 0 Å². The first-order chi connectivity index (χ1) is 11.2. The van der Waals surface area contributed by atoms with Gasteiger partial charge in [-0.2, -0.15) is 0 Å². The fourth-order valence-electron chi connectivity index (χ4n) is 2.54. The smallest absolute Gasteiger partial charge is 0.227 e. The van der Waals surface area contributed by atoms with Crippen LogP contribution in [0.5, 0.6) is 0 Å². The highest BCUT2D eigenvalue weighted by molar-refractivity contribution is 5.78. The van der Waals surface area contributed by atoms with Gasteiger partial charge < -0.3 is 4.42 Å². The number of hydrogen-bond donors (Lipinski definition) is 0. The molecule has 0 atom stereocenters. The van der Waals surface area contributed by atoms with E-state index in [1.165, 1.54) is 5.56 Å². The summed E-state index contributed by atoms with van der Waals surface area (Å²) in [5, 5.41) is 7.65. The summed E-state index contributed by atoms with van der Waals surface area (Å²) < 4.78 is 7.71. The highest BCUT2D eigenvalue weighted by atomic mass is 16.3. The number of aromatic nitrogens is 4. The van der Waals surface area contributed by atoms with Gasteiger partial charge in [0.2, 0.25) is 5.89 Å². The van der Waals surface area contributed by atoms with E-state index in [2.05, 4.69) is 53.3 Å². The Balaban J connectivity index is 1.74. The number of nitrogens with zero attached hydrogens (tertiary/aromatic N) is 4. The summed E-state index contributed by atoms with van der Waals surface area (Å²) in [5.41, 5.74) is 4.83. The van der Waals surface area contributed by atoms with Crippen molar-refractivity contribution in [3.8, 4) is 17.1 Å². The predicted molar refractivity (Wildman–Crippen MR) is 88.5 cm³/mol. The van der Waals surface area contributed by atoms with Crippen LogP contribution in [0.4, 0.5) is 0 Å². The molecular formula is C18H16N4O. The summed E-state index contributed by atoms with van der Waals surface area (Å²) in [4.78, 5) is 4.61. The van der Waals surface area contributed by atoms with Crippen molar-refractivity contribution in [2.24, 2.45) is 0 Å². The quantitative estimate of drug-likeness (QED) is 0.569. The van der Waals surface area contributed by atoms with Gasteiger partial charge in [0.05, 0.1) is 5.69 Å². The first-order valence-electron chi connectivity index (χ1n) is 7.56. The van der Waals surface area contributed by atoms with E-state index < -0.39 is 0 Å². The van der Waals surface area contributed by atoms with Crippen LogP contribution in [0, 0.1) is 0 Å². The van der Waals surface area contributed by atoms with Crippen LogP contribution >= 0.6 is 0 Å². The Hall–Kier alpha value is -2.95.